The zero-order valence-corrected chi connectivity index (χ0v) is 10.7. The minimum Gasteiger partial charge on any atom is -0.496 e. The Morgan fingerprint density at radius 1 is 1.41 bits per heavy atom. The van der Waals surface area contributed by atoms with Gasteiger partial charge in [-0.2, -0.15) is 0 Å². The van der Waals surface area contributed by atoms with Crippen LogP contribution in [0.25, 0.3) is 0 Å². The Hall–Kier alpha value is -0.580. The molecule has 2 aliphatic rings. The number of hydrazine groups is 1. The minimum absolute atomic E-state index is 0.00519. The number of nitrogens with two attached hydrogens (primary N) is 1. The number of nitrogens with one attached hydrogen (secondary N) is 1. The summed E-state index contributed by atoms with van der Waals surface area (Å²) in [6, 6.07) is 0.00519. The summed E-state index contributed by atoms with van der Waals surface area (Å²) in [4.78, 5) is 0. The molecule has 0 saturated heterocycles. The van der Waals surface area contributed by atoms with Gasteiger partial charge in [-0.25, -0.2) is 5.43 Å². The van der Waals surface area contributed by atoms with Gasteiger partial charge in [-0.05, 0) is 24.8 Å². The lowest BCUT2D eigenvalue weighted by atomic mass is 9.82. The zero-order valence-electron chi connectivity index (χ0n) is 10.7. The molecular weight excluding hydrogens is 216 g/mol. The van der Waals surface area contributed by atoms with Gasteiger partial charge in [0, 0.05) is 13.5 Å². The molecule has 1 saturated carbocycles. The van der Waals surface area contributed by atoms with E-state index in [2.05, 4.69) is 11.5 Å². The van der Waals surface area contributed by atoms with E-state index in [1.807, 2.05) is 0 Å². The summed E-state index contributed by atoms with van der Waals surface area (Å²) in [5.74, 6) is 7.24. The van der Waals surface area contributed by atoms with Crippen molar-refractivity contribution in [2.24, 2.45) is 11.8 Å². The standard InChI is InChI=1S/C13H24N2O2/c1-16-13(10-6-3-2-4-7-10)12(15-14)11-8-5-9-17-11/h8,10,12-13,15H,2-7,9,14H2,1H3. The second-order valence-electron chi connectivity index (χ2n) is 4.99. The van der Waals surface area contributed by atoms with Crippen molar-refractivity contribution in [1.82, 2.24) is 5.43 Å². The van der Waals surface area contributed by atoms with Crippen molar-refractivity contribution in [3.8, 4) is 0 Å². The van der Waals surface area contributed by atoms with E-state index in [0.29, 0.717) is 5.92 Å². The normalized spacial score (nSPS) is 25.2. The Morgan fingerprint density at radius 2 is 2.18 bits per heavy atom. The molecule has 0 aromatic heterocycles. The van der Waals surface area contributed by atoms with Crippen LogP contribution in [0.4, 0.5) is 0 Å². The van der Waals surface area contributed by atoms with Crippen molar-refractivity contribution in [3.63, 3.8) is 0 Å². The van der Waals surface area contributed by atoms with E-state index in [1.54, 1.807) is 7.11 Å². The molecule has 1 aliphatic heterocycles. The van der Waals surface area contributed by atoms with Gasteiger partial charge in [-0.3, -0.25) is 5.84 Å². The van der Waals surface area contributed by atoms with E-state index in [4.69, 9.17) is 15.3 Å². The van der Waals surface area contributed by atoms with E-state index in [0.717, 1.165) is 18.8 Å². The van der Waals surface area contributed by atoms with Crippen LogP contribution in [0.15, 0.2) is 11.8 Å². The molecule has 17 heavy (non-hydrogen) atoms. The van der Waals surface area contributed by atoms with E-state index in [1.165, 1.54) is 32.1 Å². The average molecular weight is 240 g/mol. The van der Waals surface area contributed by atoms with E-state index in [-0.39, 0.29) is 12.1 Å². The van der Waals surface area contributed by atoms with Crippen LogP contribution in [0, 0.1) is 5.92 Å². The van der Waals surface area contributed by atoms with Gasteiger partial charge in [0.1, 0.15) is 11.8 Å². The van der Waals surface area contributed by atoms with Gasteiger partial charge in [0.25, 0.3) is 0 Å². The third kappa shape index (κ3) is 3.00. The first kappa shape index (κ1) is 12.9. The fourth-order valence-corrected chi connectivity index (χ4v) is 3.06. The van der Waals surface area contributed by atoms with Crippen molar-refractivity contribution >= 4 is 0 Å². The van der Waals surface area contributed by atoms with Crippen LogP contribution >= 0.6 is 0 Å². The van der Waals surface area contributed by atoms with E-state index in [9.17, 15) is 0 Å². The topological polar surface area (TPSA) is 56.5 Å². The molecule has 98 valence electrons. The van der Waals surface area contributed by atoms with Crippen LogP contribution in [0.2, 0.25) is 0 Å². The number of methoxy groups -OCH3 is 1. The van der Waals surface area contributed by atoms with Gasteiger partial charge in [-0.1, -0.05) is 19.3 Å². The molecule has 0 amide bonds. The van der Waals surface area contributed by atoms with Crippen LogP contribution in [0.5, 0.6) is 0 Å². The maximum absolute atomic E-state index is 5.69. The number of hydrogen-bond acceptors (Lipinski definition) is 4. The van der Waals surface area contributed by atoms with Crippen LogP contribution < -0.4 is 11.3 Å². The largest absolute Gasteiger partial charge is 0.496 e. The van der Waals surface area contributed by atoms with Gasteiger partial charge in [0.2, 0.25) is 0 Å². The SMILES string of the molecule is COC(C1CCCCC1)C(NN)C1=CCCO1. The molecule has 1 heterocycles. The molecular formula is C13H24N2O2. The lowest BCUT2D eigenvalue weighted by Crippen LogP contribution is -2.49. The highest BCUT2D eigenvalue weighted by molar-refractivity contribution is 5.10. The van der Waals surface area contributed by atoms with Crippen LogP contribution in [0.1, 0.15) is 38.5 Å². The van der Waals surface area contributed by atoms with Crippen molar-refractivity contribution in [1.29, 1.82) is 0 Å². The van der Waals surface area contributed by atoms with Crippen molar-refractivity contribution < 1.29 is 9.47 Å². The van der Waals surface area contributed by atoms with Crippen LogP contribution in [-0.4, -0.2) is 25.9 Å². The van der Waals surface area contributed by atoms with Gasteiger partial charge >= 0.3 is 0 Å². The summed E-state index contributed by atoms with van der Waals surface area (Å²) in [6.45, 7) is 0.772. The van der Waals surface area contributed by atoms with E-state index < -0.39 is 0 Å². The molecule has 0 aromatic carbocycles. The Balaban J connectivity index is 2.03. The highest BCUT2D eigenvalue weighted by Gasteiger charge is 2.33. The lowest BCUT2D eigenvalue weighted by molar-refractivity contribution is 0.00387. The molecule has 2 unspecified atom stereocenters. The van der Waals surface area contributed by atoms with Crippen molar-refractivity contribution in [3.05, 3.63) is 11.8 Å². The van der Waals surface area contributed by atoms with Gasteiger partial charge in [0.15, 0.2) is 0 Å². The molecule has 3 N–H and O–H groups in total. The maximum Gasteiger partial charge on any atom is 0.113 e. The lowest BCUT2D eigenvalue weighted by Gasteiger charge is -2.34. The first-order valence-electron chi connectivity index (χ1n) is 6.68. The molecule has 1 fully saturated rings. The Kier molecular flexibility index (Phi) is 4.83. The summed E-state index contributed by atoms with van der Waals surface area (Å²) in [6.07, 6.45) is 9.68. The minimum atomic E-state index is 0.00519. The first-order valence-corrected chi connectivity index (χ1v) is 6.68. The number of hydrogen-bond donors (Lipinski definition) is 2. The Morgan fingerprint density at radius 3 is 2.71 bits per heavy atom. The van der Waals surface area contributed by atoms with Crippen molar-refractivity contribution in [2.45, 2.75) is 50.7 Å². The summed E-state index contributed by atoms with van der Waals surface area (Å²) >= 11 is 0. The monoisotopic (exact) mass is 240 g/mol. The third-order valence-electron chi connectivity index (χ3n) is 3.93. The summed E-state index contributed by atoms with van der Waals surface area (Å²) < 4.78 is 11.3. The maximum atomic E-state index is 5.69. The average Bonchev–Trinajstić information content (AvgIpc) is 2.90. The van der Waals surface area contributed by atoms with Gasteiger partial charge < -0.3 is 9.47 Å². The molecule has 0 spiro atoms. The van der Waals surface area contributed by atoms with Gasteiger partial charge in [0.05, 0.1) is 12.7 Å². The molecule has 0 aromatic rings. The number of ether oxygens (including phenoxy) is 2. The molecule has 0 bridgehead atoms. The van der Waals surface area contributed by atoms with Gasteiger partial charge in [-0.15, -0.1) is 0 Å². The predicted molar refractivity (Wildman–Crippen MR) is 67.1 cm³/mol. The molecule has 4 nitrogen and oxygen atoms in total. The summed E-state index contributed by atoms with van der Waals surface area (Å²) in [7, 11) is 1.78. The smallest absolute Gasteiger partial charge is 0.113 e. The molecule has 1 aliphatic carbocycles. The molecule has 2 rings (SSSR count). The van der Waals surface area contributed by atoms with Crippen LogP contribution in [-0.2, 0) is 9.47 Å². The van der Waals surface area contributed by atoms with E-state index >= 15 is 0 Å². The predicted octanol–water partition coefficient (Wildman–Crippen LogP) is 1.72. The second-order valence-corrected chi connectivity index (χ2v) is 4.99. The summed E-state index contributed by atoms with van der Waals surface area (Å²) in [5.41, 5.74) is 2.87. The third-order valence-corrected chi connectivity index (χ3v) is 3.93. The zero-order chi connectivity index (χ0) is 12.1. The molecule has 4 heteroatoms. The van der Waals surface area contributed by atoms with Crippen LogP contribution in [0.3, 0.4) is 0 Å². The molecule has 2 atom stereocenters. The van der Waals surface area contributed by atoms with Crippen molar-refractivity contribution in [2.75, 3.05) is 13.7 Å². The Labute approximate surface area is 104 Å². The fourth-order valence-electron chi connectivity index (χ4n) is 3.06. The summed E-state index contributed by atoms with van der Waals surface area (Å²) in [5, 5.41) is 0. The quantitative estimate of drug-likeness (QED) is 0.567. The molecule has 0 radical (unpaired) electrons. The fraction of sp³-hybridized carbons (Fsp3) is 0.846. The Bertz CT molecular complexity index is 262. The number of rotatable bonds is 5. The highest BCUT2D eigenvalue weighted by atomic mass is 16.5. The second kappa shape index (κ2) is 6.38. The highest BCUT2D eigenvalue weighted by Crippen LogP contribution is 2.31. The first-order chi connectivity index (χ1) is 8.36.